The van der Waals surface area contributed by atoms with Gasteiger partial charge in [0.05, 0.1) is 10.7 Å². The lowest BCUT2D eigenvalue weighted by atomic mass is 10.3. The van der Waals surface area contributed by atoms with Crippen LogP contribution in [0.25, 0.3) is 0 Å². The number of anilines is 1. The van der Waals surface area contributed by atoms with E-state index in [1.54, 1.807) is 12.1 Å². The van der Waals surface area contributed by atoms with Gasteiger partial charge in [-0.05, 0) is 12.1 Å². The lowest BCUT2D eigenvalue weighted by Crippen LogP contribution is -2.10. The first-order valence-electron chi connectivity index (χ1n) is 5.29. The minimum Gasteiger partial charge on any atom is -0.487 e. The van der Waals surface area contributed by atoms with Gasteiger partial charge in [-0.2, -0.15) is 0 Å². The van der Waals surface area contributed by atoms with E-state index in [4.69, 9.17) is 22.2 Å². The second kappa shape index (κ2) is 5.81. The number of nitrogens with one attached hydrogen (secondary N) is 1. The van der Waals surface area contributed by atoms with Gasteiger partial charge in [0.25, 0.3) is 0 Å². The third-order valence-corrected chi connectivity index (χ3v) is 2.62. The van der Waals surface area contributed by atoms with Gasteiger partial charge in [-0.25, -0.2) is 19.6 Å². The van der Waals surface area contributed by atoms with Crippen LogP contribution in [0.15, 0.2) is 30.3 Å². The number of ether oxygens (including phenoxy) is 1. The monoisotopic (exact) mass is 285 g/mol. The van der Waals surface area contributed by atoms with Crippen LogP contribution in [-0.2, 0) is 6.61 Å². The summed E-state index contributed by atoms with van der Waals surface area (Å²) in [6, 6.07) is 6.09. The van der Waals surface area contributed by atoms with Crippen molar-refractivity contribution < 1.29 is 13.5 Å². The number of nitrogens with zero attached hydrogens (tertiary/aromatic N) is 1. The molecule has 0 saturated carbocycles. The number of halogens is 3. The summed E-state index contributed by atoms with van der Waals surface area (Å²) in [5, 5.41) is 0.371. The predicted molar refractivity (Wildman–Crippen MR) is 67.7 cm³/mol. The first-order chi connectivity index (χ1) is 9.08. The van der Waals surface area contributed by atoms with Crippen LogP contribution in [-0.4, -0.2) is 4.98 Å². The molecule has 0 aliphatic rings. The zero-order valence-electron chi connectivity index (χ0n) is 9.66. The molecule has 0 aliphatic heterocycles. The second-order valence-electron chi connectivity index (χ2n) is 3.66. The highest BCUT2D eigenvalue weighted by molar-refractivity contribution is 6.31. The van der Waals surface area contributed by atoms with Crippen LogP contribution >= 0.6 is 11.6 Å². The van der Waals surface area contributed by atoms with Crippen LogP contribution in [0.3, 0.4) is 0 Å². The molecule has 0 amide bonds. The molecule has 0 spiro atoms. The number of rotatable bonds is 4. The summed E-state index contributed by atoms with van der Waals surface area (Å²) < 4.78 is 31.2. The van der Waals surface area contributed by atoms with Gasteiger partial charge < -0.3 is 10.2 Å². The van der Waals surface area contributed by atoms with E-state index < -0.39 is 11.6 Å². The molecule has 19 heavy (non-hydrogen) atoms. The third-order valence-electron chi connectivity index (χ3n) is 2.28. The first-order valence-corrected chi connectivity index (χ1v) is 5.67. The van der Waals surface area contributed by atoms with Gasteiger partial charge in [-0.1, -0.05) is 11.6 Å². The maximum Gasteiger partial charge on any atom is 0.140 e. The average molecular weight is 286 g/mol. The van der Waals surface area contributed by atoms with Crippen LogP contribution in [0.1, 0.15) is 5.69 Å². The van der Waals surface area contributed by atoms with Gasteiger partial charge >= 0.3 is 0 Å². The molecule has 2 aromatic rings. The number of benzene rings is 1. The fourth-order valence-electron chi connectivity index (χ4n) is 1.43. The molecule has 4 nitrogen and oxygen atoms in total. The topological polar surface area (TPSA) is 60.2 Å². The Hall–Kier alpha value is -1.92. The summed E-state index contributed by atoms with van der Waals surface area (Å²) in [6.45, 7) is -0.0305. The number of hydrazine groups is 1. The summed E-state index contributed by atoms with van der Waals surface area (Å²) in [5.41, 5.74) is 2.77. The van der Waals surface area contributed by atoms with Crippen molar-refractivity contribution >= 4 is 17.4 Å². The third kappa shape index (κ3) is 3.52. The van der Waals surface area contributed by atoms with Crippen molar-refractivity contribution in [3.8, 4) is 5.75 Å². The predicted octanol–water partition coefficient (Wildman–Crippen LogP) is 2.88. The fraction of sp³-hybridized carbons (Fsp3) is 0.0833. The van der Waals surface area contributed by atoms with Crippen LogP contribution in [0.2, 0.25) is 5.02 Å². The minimum absolute atomic E-state index is 0.0305. The highest BCUT2D eigenvalue weighted by Crippen LogP contribution is 2.20. The molecule has 0 aliphatic carbocycles. The standard InChI is InChI=1S/C12H10ClF2N3O/c13-10-1-2-12(18-16)17-11(10)6-19-9-4-7(14)3-8(15)5-9/h1-5H,6,16H2,(H,17,18). The molecule has 0 fully saturated rings. The maximum absolute atomic E-state index is 13.0. The zero-order chi connectivity index (χ0) is 13.8. The van der Waals surface area contributed by atoms with E-state index >= 15 is 0 Å². The molecule has 1 aromatic carbocycles. The number of aromatic nitrogens is 1. The van der Waals surface area contributed by atoms with E-state index in [0.29, 0.717) is 16.5 Å². The van der Waals surface area contributed by atoms with E-state index in [1.165, 1.54) is 0 Å². The van der Waals surface area contributed by atoms with E-state index in [9.17, 15) is 8.78 Å². The van der Waals surface area contributed by atoms with Gasteiger partial charge in [-0.3, -0.25) is 0 Å². The Balaban J connectivity index is 2.13. The number of hydrogen-bond acceptors (Lipinski definition) is 4. The molecule has 2 rings (SSSR count). The van der Waals surface area contributed by atoms with E-state index in [2.05, 4.69) is 10.4 Å². The van der Waals surface area contributed by atoms with Gasteiger partial charge in [0.15, 0.2) is 0 Å². The van der Waals surface area contributed by atoms with Crippen LogP contribution in [0.4, 0.5) is 14.6 Å². The SMILES string of the molecule is NNc1ccc(Cl)c(COc2cc(F)cc(F)c2)n1. The Morgan fingerprint density at radius 3 is 2.53 bits per heavy atom. The molecule has 100 valence electrons. The summed E-state index contributed by atoms with van der Waals surface area (Å²) >= 11 is 5.92. The molecular weight excluding hydrogens is 276 g/mol. The summed E-state index contributed by atoms with van der Waals surface area (Å²) in [5.74, 6) is 4.26. The van der Waals surface area contributed by atoms with Crippen LogP contribution in [0.5, 0.6) is 5.75 Å². The Morgan fingerprint density at radius 1 is 1.21 bits per heavy atom. The van der Waals surface area contributed by atoms with E-state index in [1.807, 2.05) is 0 Å². The first kappa shape index (κ1) is 13.5. The van der Waals surface area contributed by atoms with Crippen molar-refractivity contribution in [3.63, 3.8) is 0 Å². The normalized spacial score (nSPS) is 10.3. The molecular formula is C12H10ClF2N3O. The molecule has 3 N–H and O–H groups in total. The van der Waals surface area contributed by atoms with Gasteiger partial charge in [0.1, 0.15) is 29.8 Å². The number of hydrogen-bond donors (Lipinski definition) is 2. The molecule has 1 heterocycles. The Bertz CT molecular complexity index is 575. The lowest BCUT2D eigenvalue weighted by molar-refractivity contribution is 0.298. The largest absolute Gasteiger partial charge is 0.487 e. The maximum atomic E-state index is 13.0. The highest BCUT2D eigenvalue weighted by Gasteiger charge is 2.06. The van der Waals surface area contributed by atoms with Gasteiger partial charge in [0, 0.05) is 18.2 Å². The van der Waals surface area contributed by atoms with Crippen LogP contribution < -0.4 is 16.0 Å². The van der Waals surface area contributed by atoms with E-state index in [0.717, 1.165) is 18.2 Å². The Kier molecular flexibility index (Phi) is 4.13. The van der Waals surface area contributed by atoms with Crippen molar-refractivity contribution in [1.29, 1.82) is 0 Å². The Morgan fingerprint density at radius 2 is 1.89 bits per heavy atom. The molecule has 0 saturated heterocycles. The minimum atomic E-state index is -0.716. The summed E-state index contributed by atoms with van der Waals surface area (Å²) in [4.78, 5) is 4.07. The highest BCUT2D eigenvalue weighted by atomic mass is 35.5. The summed E-state index contributed by atoms with van der Waals surface area (Å²) in [6.07, 6.45) is 0. The van der Waals surface area contributed by atoms with Gasteiger partial charge in [-0.15, -0.1) is 0 Å². The second-order valence-corrected chi connectivity index (χ2v) is 4.07. The average Bonchev–Trinajstić information content (AvgIpc) is 2.37. The Labute approximate surface area is 113 Å². The molecule has 0 atom stereocenters. The zero-order valence-corrected chi connectivity index (χ0v) is 10.4. The molecule has 7 heteroatoms. The van der Waals surface area contributed by atoms with E-state index in [-0.39, 0.29) is 12.4 Å². The van der Waals surface area contributed by atoms with Gasteiger partial charge in [0.2, 0.25) is 0 Å². The summed E-state index contributed by atoms with van der Waals surface area (Å²) in [7, 11) is 0. The van der Waals surface area contributed by atoms with Crippen molar-refractivity contribution in [2.24, 2.45) is 5.84 Å². The lowest BCUT2D eigenvalue weighted by Gasteiger charge is -2.09. The van der Waals surface area contributed by atoms with Crippen molar-refractivity contribution in [3.05, 3.63) is 52.7 Å². The molecule has 1 aromatic heterocycles. The fourth-order valence-corrected chi connectivity index (χ4v) is 1.59. The number of pyridine rings is 1. The molecule has 0 radical (unpaired) electrons. The quantitative estimate of drug-likeness (QED) is 0.670. The number of nitrogens with two attached hydrogens (primary N) is 1. The molecule has 0 unspecified atom stereocenters. The molecule has 0 bridgehead atoms. The smallest absolute Gasteiger partial charge is 0.140 e. The van der Waals surface area contributed by atoms with Crippen LogP contribution in [0, 0.1) is 11.6 Å². The number of nitrogen functional groups attached to an aromatic ring is 1. The van der Waals surface area contributed by atoms with Crippen molar-refractivity contribution in [2.75, 3.05) is 5.43 Å². The van der Waals surface area contributed by atoms with Crippen molar-refractivity contribution in [1.82, 2.24) is 4.98 Å². The van der Waals surface area contributed by atoms with Crippen molar-refractivity contribution in [2.45, 2.75) is 6.61 Å².